The average molecular weight is 608 g/mol. The first-order valence-corrected chi connectivity index (χ1v) is 13.1. The highest BCUT2D eigenvalue weighted by molar-refractivity contribution is 5.75. The molecule has 0 bridgehead atoms. The maximum atomic E-state index is 13.2. The summed E-state index contributed by atoms with van der Waals surface area (Å²) in [6, 6.07) is 9.97. The zero-order valence-corrected chi connectivity index (χ0v) is 23.4. The number of aliphatic carboxylic acids is 1. The molecule has 1 heterocycles. The van der Waals surface area contributed by atoms with Gasteiger partial charge in [0.15, 0.2) is 0 Å². The third-order valence-electron chi connectivity index (χ3n) is 6.34. The van der Waals surface area contributed by atoms with E-state index in [4.69, 9.17) is 14.6 Å². The molecule has 0 aromatic heterocycles. The van der Waals surface area contributed by atoms with E-state index >= 15 is 0 Å². The molecule has 0 unspecified atom stereocenters. The van der Waals surface area contributed by atoms with Crippen LogP contribution in [0.1, 0.15) is 43.4 Å². The lowest BCUT2D eigenvalue weighted by Gasteiger charge is -2.37. The number of piperidine rings is 1. The molecule has 1 fully saturated rings. The largest absolute Gasteiger partial charge is 0.508 e. The number of carbonyl (C=O) groups excluding carboxylic acids is 1. The molecule has 0 saturated carbocycles. The summed E-state index contributed by atoms with van der Waals surface area (Å²) < 4.78 is 76.4. The van der Waals surface area contributed by atoms with Gasteiger partial charge in [0.2, 0.25) is 0 Å². The predicted octanol–water partition coefficient (Wildman–Crippen LogP) is 5.89. The van der Waals surface area contributed by atoms with Gasteiger partial charge in [0.05, 0.1) is 18.7 Å². The summed E-state index contributed by atoms with van der Waals surface area (Å²) in [5.41, 5.74) is 0.254. The summed E-state index contributed by atoms with van der Waals surface area (Å²) in [4.78, 5) is 25.9. The van der Waals surface area contributed by atoms with Crippen LogP contribution in [-0.4, -0.2) is 71.0 Å². The minimum atomic E-state index is -5.08. The molecule has 0 spiro atoms. The molecule has 3 N–H and O–H groups in total. The highest BCUT2D eigenvalue weighted by atomic mass is 19.4. The second-order valence-corrected chi connectivity index (χ2v) is 10.3. The molecule has 3 rings (SSSR count). The van der Waals surface area contributed by atoms with E-state index in [-0.39, 0.29) is 24.2 Å². The third-order valence-corrected chi connectivity index (χ3v) is 6.34. The molecule has 0 radical (unpaired) electrons. The Bertz CT molecular complexity index is 1160. The monoisotopic (exact) mass is 607 g/mol. The number of alkyl halides is 6. The van der Waals surface area contributed by atoms with E-state index in [2.05, 4.69) is 24.1 Å². The number of aromatic hydroxyl groups is 1. The maximum absolute atomic E-state index is 13.2. The van der Waals surface area contributed by atoms with E-state index in [1.807, 2.05) is 31.3 Å². The van der Waals surface area contributed by atoms with Gasteiger partial charge in [-0.2, -0.15) is 26.3 Å². The number of rotatable bonds is 8. The van der Waals surface area contributed by atoms with Crippen LogP contribution in [0.25, 0.3) is 0 Å². The third kappa shape index (κ3) is 11.3. The van der Waals surface area contributed by atoms with Gasteiger partial charge in [0, 0.05) is 18.2 Å². The summed E-state index contributed by atoms with van der Waals surface area (Å²) in [6.45, 7) is 6.71. The van der Waals surface area contributed by atoms with Crippen molar-refractivity contribution in [1.82, 2.24) is 15.1 Å². The number of benzene rings is 2. The highest BCUT2D eigenvalue weighted by Gasteiger charge is 2.38. The molecule has 2 aromatic carbocycles. The molecule has 14 heteroatoms. The SMILES string of the molecule is CC(C)COc1ccc(CNC(=O)N(Cc2ccc(C(F)(F)F)cc2O)C2CCN(C)CC2)cc1.O=C(O)C(F)(F)F. The Kier molecular flexibility index (Phi) is 12.3. The van der Waals surface area contributed by atoms with Crippen LogP contribution in [-0.2, 0) is 24.1 Å². The molecule has 1 aliphatic rings. The van der Waals surface area contributed by atoms with Crippen LogP contribution < -0.4 is 10.1 Å². The summed E-state index contributed by atoms with van der Waals surface area (Å²) >= 11 is 0. The minimum Gasteiger partial charge on any atom is -0.508 e. The standard InChI is InChI=1S/C26H34F3N3O3.C2HF3O2/c1-18(2)17-35-23-8-4-19(5-9-23)15-30-25(34)32(22-10-12-31(3)13-11-22)16-20-6-7-21(14-24(20)33)26(27,28)29;3-2(4,5)1(6)7/h4-9,14,18,22,33H,10-13,15-17H2,1-3H3,(H,30,34);(H,6,7). The van der Waals surface area contributed by atoms with Crippen LogP contribution in [0.3, 0.4) is 0 Å². The van der Waals surface area contributed by atoms with Crippen molar-refractivity contribution in [2.24, 2.45) is 5.92 Å². The summed E-state index contributed by atoms with van der Waals surface area (Å²) in [5.74, 6) is -2.04. The van der Waals surface area contributed by atoms with Gasteiger partial charge in [-0.3, -0.25) is 0 Å². The number of nitrogens with one attached hydrogen (secondary N) is 1. The zero-order chi connectivity index (χ0) is 31.7. The Morgan fingerprint density at radius 3 is 2.10 bits per heavy atom. The topological polar surface area (TPSA) is 102 Å². The molecule has 1 saturated heterocycles. The summed E-state index contributed by atoms with van der Waals surface area (Å²) in [7, 11) is 2.01. The Balaban J connectivity index is 0.000000782. The minimum absolute atomic E-state index is 0.0200. The second kappa shape index (κ2) is 15.0. The molecule has 0 atom stereocenters. The number of carbonyl (C=O) groups is 2. The van der Waals surface area contributed by atoms with Crippen LogP contribution in [0, 0.1) is 5.92 Å². The number of phenols is 1. The number of urea groups is 1. The molecule has 2 amide bonds. The summed E-state index contributed by atoms with van der Waals surface area (Å²) in [5, 5.41) is 20.3. The lowest BCUT2D eigenvalue weighted by Crippen LogP contribution is -2.49. The number of phenolic OH excluding ortho intramolecular Hbond substituents is 1. The number of nitrogens with zero attached hydrogens (tertiary/aromatic N) is 2. The Morgan fingerprint density at radius 1 is 1.05 bits per heavy atom. The van der Waals surface area contributed by atoms with Crippen molar-refractivity contribution in [3.63, 3.8) is 0 Å². The van der Waals surface area contributed by atoms with Crippen LogP contribution in [0.5, 0.6) is 11.5 Å². The van der Waals surface area contributed by atoms with E-state index in [1.165, 1.54) is 6.07 Å². The van der Waals surface area contributed by atoms with Gasteiger partial charge in [0.1, 0.15) is 11.5 Å². The fourth-order valence-electron chi connectivity index (χ4n) is 3.98. The van der Waals surface area contributed by atoms with Gasteiger partial charge in [-0.1, -0.05) is 32.0 Å². The van der Waals surface area contributed by atoms with Crippen LogP contribution >= 0.6 is 0 Å². The van der Waals surface area contributed by atoms with Crippen molar-refractivity contribution < 1.29 is 50.9 Å². The number of amides is 2. The number of carboxylic acid groups (broad SMARTS) is 1. The van der Waals surface area contributed by atoms with Gasteiger partial charge < -0.3 is 30.1 Å². The lowest BCUT2D eigenvalue weighted by molar-refractivity contribution is -0.192. The number of hydrogen-bond donors (Lipinski definition) is 3. The number of carboxylic acids is 1. The van der Waals surface area contributed by atoms with Crippen molar-refractivity contribution in [3.05, 3.63) is 59.2 Å². The van der Waals surface area contributed by atoms with E-state index in [9.17, 15) is 36.2 Å². The van der Waals surface area contributed by atoms with Gasteiger partial charge in [-0.15, -0.1) is 0 Å². The molecule has 1 aliphatic heterocycles. The van der Waals surface area contributed by atoms with E-state index in [1.54, 1.807) is 4.90 Å². The van der Waals surface area contributed by atoms with Crippen molar-refractivity contribution >= 4 is 12.0 Å². The van der Waals surface area contributed by atoms with Gasteiger partial charge in [0.25, 0.3) is 0 Å². The molecule has 234 valence electrons. The zero-order valence-electron chi connectivity index (χ0n) is 23.4. The van der Waals surface area contributed by atoms with E-state index < -0.39 is 29.6 Å². The number of hydrogen-bond acceptors (Lipinski definition) is 5. The Labute approximate surface area is 239 Å². The molecule has 0 aliphatic carbocycles. The van der Waals surface area contributed by atoms with Gasteiger partial charge >= 0.3 is 24.4 Å². The fraction of sp³-hybridized carbons (Fsp3) is 0.500. The number of ether oxygens (including phenoxy) is 1. The first-order chi connectivity index (χ1) is 19.5. The molecule has 42 heavy (non-hydrogen) atoms. The molecule has 2 aromatic rings. The molecular formula is C28H35F6N3O5. The van der Waals surface area contributed by atoms with Crippen molar-refractivity contribution in [2.75, 3.05) is 26.7 Å². The first kappa shape index (κ1) is 34.5. The Morgan fingerprint density at radius 2 is 1.62 bits per heavy atom. The second-order valence-electron chi connectivity index (χ2n) is 10.3. The smallest absolute Gasteiger partial charge is 0.490 e. The average Bonchev–Trinajstić information content (AvgIpc) is 2.90. The molecular weight excluding hydrogens is 572 g/mol. The van der Waals surface area contributed by atoms with Crippen LogP contribution in [0.2, 0.25) is 0 Å². The van der Waals surface area contributed by atoms with E-state index in [0.29, 0.717) is 25.1 Å². The van der Waals surface area contributed by atoms with E-state index in [0.717, 1.165) is 43.3 Å². The number of halogens is 6. The lowest BCUT2D eigenvalue weighted by atomic mass is 10.0. The predicted molar refractivity (Wildman–Crippen MR) is 142 cm³/mol. The Hall–Kier alpha value is -3.68. The van der Waals surface area contributed by atoms with Crippen molar-refractivity contribution in [1.29, 1.82) is 0 Å². The maximum Gasteiger partial charge on any atom is 0.490 e. The number of likely N-dealkylation sites (tertiary alicyclic amines) is 1. The summed E-state index contributed by atoms with van der Waals surface area (Å²) in [6.07, 6.45) is -8.14. The van der Waals surface area contributed by atoms with Crippen LogP contribution in [0.15, 0.2) is 42.5 Å². The van der Waals surface area contributed by atoms with Crippen molar-refractivity contribution in [2.45, 2.75) is 58.2 Å². The highest BCUT2D eigenvalue weighted by Crippen LogP contribution is 2.33. The van der Waals surface area contributed by atoms with Gasteiger partial charge in [-0.25, -0.2) is 9.59 Å². The van der Waals surface area contributed by atoms with Crippen molar-refractivity contribution in [3.8, 4) is 11.5 Å². The quantitative estimate of drug-likeness (QED) is 0.324. The molecule has 8 nitrogen and oxygen atoms in total. The first-order valence-electron chi connectivity index (χ1n) is 13.1. The normalized spacial score (nSPS) is 14.6. The van der Waals surface area contributed by atoms with Gasteiger partial charge in [-0.05, 0) is 68.7 Å². The fourth-order valence-corrected chi connectivity index (χ4v) is 3.98. The van der Waals surface area contributed by atoms with Crippen LogP contribution in [0.4, 0.5) is 31.1 Å².